The van der Waals surface area contributed by atoms with Gasteiger partial charge in [0.2, 0.25) is 11.8 Å². The van der Waals surface area contributed by atoms with Crippen LogP contribution in [0.4, 0.5) is 5.69 Å². The standard InChI is InChI=1S/C22H28N4O4/c1-21(2,3)22(8-9-23-11-22)12-24-13-4-5-14-15(10-13)20(30)26(19(14)29)16-6-7-17(27)25-18(16)28/h4-5,10,16,23-24H,6-9,11-12H2,1-3H3,(H,25,27,28). The van der Waals surface area contributed by atoms with Crippen LogP contribution in [0.25, 0.3) is 0 Å². The second kappa shape index (κ2) is 7.19. The lowest BCUT2D eigenvalue weighted by Crippen LogP contribution is -2.54. The predicted octanol–water partition coefficient (Wildman–Crippen LogP) is 1.53. The number of piperidine rings is 1. The molecule has 160 valence electrons. The van der Waals surface area contributed by atoms with Crippen molar-refractivity contribution in [2.45, 2.75) is 46.1 Å². The van der Waals surface area contributed by atoms with Gasteiger partial charge in [-0.05, 0) is 43.0 Å². The Balaban J connectivity index is 1.54. The Kier molecular flexibility index (Phi) is 4.92. The summed E-state index contributed by atoms with van der Waals surface area (Å²) in [6.45, 7) is 9.38. The number of hydrogen-bond donors (Lipinski definition) is 3. The third kappa shape index (κ3) is 3.29. The maximum Gasteiger partial charge on any atom is 0.262 e. The molecule has 0 aliphatic carbocycles. The minimum absolute atomic E-state index is 0.0879. The number of nitrogens with one attached hydrogen (secondary N) is 3. The summed E-state index contributed by atoms with van der Waals surface area (Å²) >= 11 is 0. The molecule has 3 aliphatic heterocycles. The minimum atomic E-state index is -0.944. The monoisotopic (exact) mass is 412 g/mol. The molecule has 2 unspecified atom stereocenters. The number of carbonyl (C=O) groups excluding carboxylic acids is 4. The van der Waals surface area contributed by atoms with Crippen molar-refractivity contribution < 1.29 is 19.2 Å². The highest BCUT2D eigenvalue weighted by Crippen LogP contribution is 2.43. The third-order valence-electron chi connectivity index (χ3n) is 6.91. The van der Waals surface area contributed by atoms with E-state index in [1.807, 2.05) is 0 Å². The van der Waals surface area contributed by atoms with Crippen molar-refractivity contribution >= 4 is 29.3 Å². The number of rotatable bonds is 4. The van der Waals surface area contributed by atoms with Gasteiger partial charge in [-0.3, -0.25) is 29.4 Å². The van der Waals surface area contributed by atoms with Crippen LogP contribution >= 0.6 is 0 Å². The van der Waals surface area contributed by atoms with Crippen molar-refractivity contribution in [3.05, 3.63) is 29.3 Å². The second-order valence-corrected chi connectivity index (χ2v) is 9.52. The van der Waals surface area contributed by atoms with Crippen LogP contribution in [-0.2, 0) is 9.59 Å². The summed E-state index contributed by atoms with van der Waals surface area (Å²) in [6.07, 6.45) is 1.33. The van der Waals surface area contributed by atoms with E-state index in [9.17, 15) is 19.2 Å². The summed E-state index contributed by atoms with van der Waals surface area (Å²) in [5.41, 5.74) is 1.56. The van der Waals surface area contributed by atoms with Gasteiger partial charge in [0.15, 0.2) is 0 Å². The quantitative estimate of drug-likeness (QED) is 0.648. The zero-order valence-corrected chi connectivity index (χ0v) is 17.6. The summed E-state index contributed by atoms with van der Waals surface area (Å²) < 4.78 is 0. The van der Waals surface area contributed by atoms with Gasteiger partial charge in [-0.15, -0.1) is 0 Å². The van der Waals surface area contributed by atoms with Crippen molar-refractivity contribution in [1.29, 1.82) is 0 Å². The molecule has 4 rings (SSSR count). The zero-order chi connectivity index (χ0) is 21.7. The molecule has 0 aromatic heterocycles. The van der Waals surface area contributed by atoms with Crippen molar-refractivity contribution in [1.82, 2.24) is 15.5 Å². The molecule has 2 fully saturated rings. The summed E-state index contributed by atoms with van der Waals surface area (Å²) in [5, 5.41) is 9.13. The van der Waals surface area contributed by atoms with E-state index in [4.69, 9.17) is 0 Å². The van der Waals surface area contributed by atoms with E-state index in [0.717, 1.165) is 36.6 Å². The number of hydrogen-bond acceptors (Lipinski definition) is 6. The molecular formula is C22H28N4O4. The lowest BCUT2D eigenvalue weighted by Gasteiger charge is -2.42. The number of nitrogens with zero attached hydrogens (tertiary/aromatic N) is 1. The average Bonchev–Trinajstić information content (AvgIpc) is 3.26. The molecule has 3 heterocycles. The predicted molar refractivity (Wildman–Crippen MR) is 111 cm³/mol. The molecule has 3 N–H and O–H groups in total. The summed E-state index contributed by atoms with van der Waals surface area (Å²) in [4.78, 5) is 50.4. The molecule has 2 atom stereocenters. The van der Waals surface area contributed by atoms with Crippen LogP contribution < -0.4 is 16.0 Å². The van der Waals surface area contributed by atoms with Gasteiger partial charge < -0.3 is 10.6 Å². The van der Waals surface area contributed by atoms with E-state index in [2.05, 4.69) is 36.7 Å². The first-order chi connectivity index (χ1) is 14.1. The molecule has 0 spiro atoms. The minimum Gasteiger partial charge on any atom is -0.384 e. The summed E-state index contributed by atoms with van der Waals surface area (Å²) in [7, 11) is 0. The van der Waals surface area contributed by atoms with Crippen LogP contribution in [0.15, 0.2) is 18.2 Å². The van der Waals surface area contributed by atoms with E-state index in [1.54, 1.807) is 18.2 Å². The Morgan fingerprint density at radius 1 is 1.13 bits per heavy atom. The van der Waals surface area contributed by atoms with Gasteiger partial charge in [0.05, 0.1) is 11.1 Å². The molecule has 30 heavy (non-hydrogen) atoms. The molecule has 4 amide bonds. The fraction of sp³-hybridized carbons (Fsp3) is 0.545. The Bertz CT molecular complexity index is 928. The normalized spacial score (nSPS) is 26.8. The van der Waals surface area contributed by atoms with Gasteiger partial charge in [0.1, 0.15) is 6.04 Å². The van der Waals surface area contributed by atoms with Crippen LogP contribution in [0.3, 0.4) is 0 Å². The zero-order valence-electron chi connectivity index (χ0n) is 17.6. The lowest BCUT2D eigenvalue weighted by atomic mass is 9.66. The highest BCUT2D eigenvalue weighted by Gasteiger charge is 2.46. The van der Waals surface area contributed by atoms with Gasteiger partial charge in [-0.1, -0.05) is 20.8 Å². The highest BCUT2D eigenvalue weighted by atomic mass is 16.2. The van der Waals surface area contributed by atoms with E-state index >= 15 is 0 Å². The first-order valence-corrected chi connectivity index (χ1v) is 10.4. The first-order valence-electron chi connectivity index (χ1n) is 10.4. The van der Waals surface area contributed by atoms with Crippen molar-refractivity contribution in [2.75, 3.05) is 25.0 Å². The topological polar surface area (TPSA) is 108 Å². The van der Waals surface area contributed by atoms with E-state index in [0.29, 0.717) is 11.1 Å². The fourth-order valence-corrected chi connectivity index (χ4v) is 4.65. The number of amides is 4. The van der Waals surface area contributed by atoms with Gasteiger partial charge in [-0.2, -0.15) is 0 Å². The van der Waals surface area contributed by atoms with Gasteiger partial charge in [-0.25, -0.2) is 0 Å². The van der Waals surface area contributed by atoms with Crippen LogP contribution in [0.2, 0.25) is 0 Å². The smallest absolute Gasteiger partial charge is 0.262 e. The lowest BCUT2D eigenvalue weighted by molar-refractivity contribution is -0.136. The molecule has 3 aliphatic rings. The van der Waals surface area contributed by atoms with Crippen LogP contribution in [0, 0.1) is 10.8 Å². The largest absolute Gasteiger partial charge is 0.384 e. The Hall–Kier alpha value is -2.74. The molecular weight excluding hydrogens is 384 g/mol. The average molecular weight is 412 g/mol. The highest BCUT2D eigenvalue weighted by molar-refractivity contribution is 6.23. The van der Waals surface area contributed by atoms with E-state index in [1.165, 1.54) is 0 Å². The molecule has 1 aromatic carbocycles. The van der Waals surface area contributed by atoms with Gasteiger partial charge in [0, 0.05) is 30.6 Å². The van der Waals surface area contributed by atoms with Crippen LogP contribution in [0.1, 0.15) is 60.7 Å². The van der Waals surface area contributed by atoms with Crippen molar-refractivity contribution in [2.24, 2.45) is 10.8 Å². The van der Waals surface area contributed by atoms with Crippen molar-refractivity contribution in [3.8, 4) is 0 Å². The number of fused-ring (bicyclic) bond motifs is 1. The first kappa shape index (κ1) is 20.5. The summed E-state index contributed by atoms with van der Waals surface area (Å²) in [5.74, 6) is -1.95. The fourth-order valence-electron chi connectivity index (χ4n) is 4.65. The SMILES string of the molecule is CC(C)(C)C1(CNc2ccc3c(c2)C(=O)N(C2CCC(=O)NC2=O)C3=O)CCNC1. The third-order valence-corrected chi connectivity index (χ3v) is 6.91. The number of anilines is 1. The molecule has 0 bridgehead atoms. The van der Waals surface area contributed by atoms with Crippen LogP contribution in [-0.4, -0.2) is 54.2 Å². The molecule has 0 radical (unpaired) electrons. The number of imide groups is 2. The second-order valence-electron chi connectivity index (χ2n) is 9.52. The molecule has 1 aromatic rings. The molecule has 0 saturated carbocycles. The number of carbonyl (C=O) groups is 4. The van der Waals surface area contributed by atoms with Gasteiger partial charge in [0.25, 0.3) is 11.8 Å². The Labute approximate surface area is 175 Å². The van der Waals surface area contributed by atoms with Crippen molar-refractivity contribution in [3.63, 3.8) is 0 Å². The maximum absolute atomic E-state index is 13.0. The van der Waals surface area contributed by atoms with E-state index in [-0.39, 0.29) is 29.6 Å². The summed E-state index contributed by atoms with van der Waals surface area (Å²) in [6, 6.07) is 4.19. The van der Waals surface area contributed by atoms with Gasteiger partial charge >= 0.3 is 0 Å². The Morgan fingerprint density at radius 2 is 1.87 bits per heavy atom. The molecule has 2 saturated heterocycles. The Morgan fingerprint density at radius 3 is 2.50 bits per heavy atom. The van der Waals surface area contributed by atoms with Crippen LogP contribution in [0.5, 0.6) is 0 Å². The molecule has 8 nitrogen and oxygen atoms in total. The van der Waals surface area contributed by atoms with E-state index < -0.39 is 23.8 Å². The molecule has 8 heteroatoms. The maximum atomic E-state index is 13.0. The number of benzene rings is 1.